The summed E-state index contributed by atoms with van der Waals surface area (Å²) in [6.45, 7) is 5.66. The van der Waals surface area contributed by atoms with Crippen molar-refractivity contribution < 1.29 is 9.53 Å². The molecule has 2 nitrogen and oxygen atoms in total. The van der Waals surface area contributed by atoms with Crippen LogP contribution in [0.2, 0.25) is 0 Å². The van der Waals surface area contributed by atoms with Crippen molar-refractivity contribution in [2.45, 2.75) is 20.8 Å². The van der Waals surface area contributed by atoms with Gasteiger partial charge < -0.3 is 4.74 Å². The van der Waals surface area contributed by atoms with Gasteiger partial charge in [-0.25, -0.2) is 0 Å². The second kappa shape index (κ2) is 7.35. The highest BCUT2D eigenvalue weighted by molar-refractivity contribution is 5.77. The summed E-state index contributed by atoms with van der Waals surface area (Å²) in [6.07, 6.45) is 0. The van der Waals surface area contributed by atoms with Crippen LogP contribution in [0.1, 0.15) is 20.8 Å². The Hall–Kier alpha value is -1.31. The summed E-state index contributed by atoms with van der Waals surface area (Å²) in [6, 6.07) is 9.29. The summed E-state index contributed by atoms with van der Waals surface area (Å²) in [5, 5.41) is 0. The van der Waals surface area contributed by atoms with E-state index in [4.69, 9.17) is 4.74 Å². The fraction of sp³-hybridized carbons (Fsp3) is 0.364. The van der Waals surface area contributed by atoms with Crippen molar-refractivity contribution in [3.05, 3.63) is 30.3 Å². The number of ether oxygens (including phenoxy) is 1. The van der Waals surface area contributed by atoms with E-state index in [2.05, 4.69) is 0 Å². The molecule has 0 atom stereocenters. The van der Waals surface area contributed by atoms with E-state index >= 15 is 0 Å². The van der Waals surface area contributed by atoms with Crippen LogP contribution in [0, 0.1) is 0 Å². The second-order valence-electron chi connectivity index (χ2n) is 2.30. The SMILES string of the molecule is CC.CC(=O)COc1ccccc1. The number of hydrogen-bond donors (Lipinski definition) is 0. The zero-order valence-corrected chi connectivity index (χ0v) is 8.41. The smallest absolute Gasteiger partial charge is 0.167 e. The first-order valence-electron chi connectivity index (χ1n) is 4.46. The van der Waals surface area contributed by atoms with Crippen molar-refractivity contribution in [2.24, 2.45) is 0 Å². The molecule has 0 aliphatic carbocycles. The van der Waals surface area contributed by atoms with Crippen LogP contribution in [0.5, 0.6) is 5.75 Å². The zero-order chi connectivity index (χ0) is 10.1. The van der Waals surface area contributed by atoms with Gasteiger partial charge in [-0.2, -0.15) is 0 Å². The first-order chi connectivity index (χ1) is 6.29. The number of Topliss-reactive ketones (excluding diaryl/α,β-unsaturated/α-hetero) is 1. The Morgan fingerprint density at radius 3 is 2.23 bits per heavy atom. The first kappa shape index (κ1) is 11.7. The largest absolute Gasteiger partial charge is 0.486 e. The lowest BCUT2D eigenvalue weighted by molar-refractivity contribution is -0.118. The maximum Gasteiger partial charge on any atom is 0.167 e. The van der Waals surface area contributed by atoms with Crippen molar-refractivity contribution in [3.8, 4) is 5.75 Å². The van der Waals surface area contributed by atoms with E-state index in [-0.39, 0.29) is 12.4 Å². The molecular formula is C11H16O2. The van der Waals surface area contributed by atoms with E-state index < -0.39 is 0 Å². The van der Waals surface area contributed by atoms with Crippen LogP contribution in [0.15, 0.2) is 30.3 Å². The summed E-state index contributed by atoms with van der Waals surface area (Å²) < 4.78 is 5.12. The molecule has 1 rings (SSSR count). The van der Waals surface area contributed by atoms with Gasteiger partial charge in [-0.05, 0) is 19.1 Å². The molecular weight excluding hydrogens is 164 g/mol. The van der Waals surface area contributed by atoms with E-state index in [1.807, 2.05) is 44.2 Å². The normalized spacial score (nSPS) is 8.23. The quantitative estimate of drug-likeness (QED) is 0.714. The lowest BCUT2D eigenvalue weighted by Crippen LogP contribution is -2.06. The van der Waals surface area contributed by atoms with Crippen LogP contribution in [0.3, 0.4) is 0 Å². The van der Waals surface area contributed by atoms with Crippen molar-refractivity contribution >= 4 is 5.78 Å². The number of hydrogen-bond acceptors (Lipinski definition) is 2. The third kappa shape index (κ3) is 5.91. The molecule has 1 aromatic carbocycles. The summed E-state index contributed by atoms with van der Waals surface area (Å²) in [4.78, 5) is 10.5. The first-order valence-corrected chi connectivity index (χ1v) is 4.46. The van der Waals surface area contributed by atoms with Gasteiger partial charge in [0.2, 0.25) is 0 Å². The molecule has 0 saturated heterocycles. The summed E-state index contributed by atoms with van der Waals surface area (Å²) in [5.74, 6) is 0.775. The molecule has 72 valence electrons. The minimum Gasteiger partial charge on any atom is -0.486 e. The van der Waals surface area contributed by atoms with Crippen LogP contribution in [0.4, 0.5) is 0 Å². The molecule has 0 amide bonds. The Morgan fingerprint density at radius 2 is 1.77 bits per heavy atom. The van der Waals surface area contributed by atoms with Crippen molar-refractivity contribution in [1.29, 1.82) is 0 Å². The topological polar surface area (TPSA) is 26.3 Å². The maximum atomic E-state index is 10.5. The lowest BCUT2D eigenvalue weighted by Gasteiger charge is -2.01. The maximum absolute atomic E-state index is 10.5. The molecule has 0 bridgehead atoms. The van der Waals surface area contributed by atoms with Crippen LogP contribution < -0.4 is 4.74 Å². The Kier molecular flexibility index (Phi) is 6.60. The molecule has 0 N–H and O–H groups in total. The van der Waals surface area contributed by atoms with Gasteiger partial charge in [0.15, 0.2) is 5.78 Å². The van der Waals surface area contributed by atoms with Gasteiger partial charge in [-0.3, -0.25) is 4.79 Å². The minimum atomic E-state index is 0.0360. The molecule has 0 aromatic heterocycles. The average molecular weight is 180 g/mol. The fourth-order valence-electron chi connectivity index (χ4n) is 0.702. The molecule has 1 aromatic rings. The standard InChI is InChI=1S/C9H10O2.C2H6/c1-8(10)7-11-9-5-3-2-4-6-9;1-2/h2-6H,7H2,1H3;1-2H3. The minimum absolute atomic E-state index is 0.0360. The van der Waals surface area contributed by atoms with Gasteiger partial charge in [0.1, 0.15) is 12.4 Å². The third-order valence-corrected chi connectivity index (χ3v) is 1.19. The second-order valence-corrected chi connectivity index (χ2v) is 2.30. The number of carbonyl (C=O) groups is 1. The van der Waals surface area contributed by atoms with E-state index in [0.29, 0.717) is 0 Å². The van der Waals surface area contributed by atoms with Gasteiger partial charge in [0, 0.05) is 0 Å². The van der Waals surface area contributed by atoms with Gasteiger partial charge in [0.25, 0.3) is 0 Å². The fourth-order valence-corrected chi connectivity index (χ4v) is 0.702. The molecule has 0 radical (unpaired) electrons. The van der Waals surface area contributed by atoms with Gasteiger partial charge >= 0.3 is 0 Å². The molecule has 0 heterocycles. The predicted octanol–water partition coefficient (Wildman–Crippen LogP) is 2.68. The molecule has 13 heavy (non-hydrogen) atoms. The summed E-state index contributed by atoms with van der Waals surface area (Å²) in [7, 11) is 0. The Bertz CT molecular complexity index is 229. The van der Waals surface area contributed by atoms with Gasteiger partial charge in [-0.1, -0.05) is 32.0 Å². The summed E-state index contributed by atoms with van der Waals surface area (Å²) in [5.41, 5.74) is 0. The molecule has 2 heteroatoms. The van der Waals surface area contributed by atoms with Gasteiger partial charge in [-0.15, -0.1) is 0 Å². The lowest BCUT2D eigenvalue weighted by atomic mass is 10.3. The Balaban J connectivity index is 0.000000671. The molecule has 0 aliphatic rings. The van der Waals surface area contributed by atoms with E-state index in [1.54, 1.807) is 0 Å². The highest BCUT2D eigenvalue weighted by Gasteiger charge is 1.93. The highest BCUT2D eigenvalue weighted by Crippen LogP contribution is 2.07. The summed E-state index contributed by atoms with van der Waals surface area (Å²) >= 11 is 0. The number of benzene rings is 1. The number of ketones is 1. The molecule has 0 fully saturated rings. The van der Waals surface area contributed by atoms with E-state index in [0.717, 1.165) is 5.75 Å². The van der Waals surface area contributed by atoms with Crippen molar-refractivity contribution in [3.63, 3.8) is 0 Å². The van der Waals surface area contributed by atoms with Crippen LogP contribution in [0.25, 0.3) is 0 Å². The van der Waals surface area contributed by atoms with Gasteiger partial charge in [0.05, 0.1) is 0 Å². The number of carbonyl (C=O) groups excluding carboxylic acids is 1. The Labute approximate surface area is 79.5 Å². The van der Waals surface area contributed by atoms with Crippen LogP contribution in [-0.4, -0.2) is 12.4 Å². The number of para-hydroxylation sites is 1. The molecule has 0 spiro atoms. The van der Waals surface area contributed by atoms with E-state index in [1.165, 1.54) is 6.92 Å². The van der Waals surface area contributed by atoms with Crippen molar-refractivity contribution in [2.75, 3.05) is 6.61 Å². The van der Waals surface area contributed by atoms with Crippen LogP contribution >= 0.6 is 0 Å². The zero-order valence-electron chi connectivity index (χ0n) is 8.41. The predicted molar refractivity (Wildman–Crippen MR) is 54.0 cm³/mol. The Morgan fingerprint density at radius 1 is 1.23 bits per heavy atom. The third-order valence-electron chi connectivity index (χ3n) is 1.19. The molecule has 0 saturated carbocycles. The monoisotopic (exact) mass is 180 g/mol. The number of rotatable bonds is 3. The van der Waals surface area contributed by atoms with Crippen LogP contribution in [-0.2, 0) is 4.79 Å². The van der Waals surface area contributed by atoms with E-state index in [9.17, 15) is 4.79 Å². The molecule has 0 unspecified atom stereocenters. The van der Waals surface area contributed by atoms with Crippen molar-refractivity contribution in [1.82, 2.24) is 0 Å². The highest BCUT2D eigenvalue weighted by atomic mass is 16.5. The molecule has 0 aliphatic heterocycles. The average Bonchev–Trinajstić information content (AvgIpc) is 2.19.